The topological polar surface area (TPSA) is 38.3 Å². The van der Waals surface area contributed by atoms with Crippen LogP contribution in [0.4, 0.5) is 0 Å². The third-order valence-electron chi connectivity index (χ3n) is 3.15. The van der Waals surface area contributed by atoms with Crippen molar-refractivity contribution in [1.82, 2.24) is 5.32 Å². The summed E-state index contributed by atoms with van der Waals surface area (Å²) in [5.74, 6) is 0.722. The summed E-state index contributed by atoms with van der Waals surface area (Å²) in [5.41, 5.74) is -0.165. The molecule has 4 heteroatoms. The third-order valence-corrected chi connectivity index (χ3v) is 3.34. The molecule has 1 rings (SSSR count). The smallest absolute Gasteiger partial charge is 0.225 e. The zero-order chi connectivity index (χ0) is 11.3. The van der Waals surface area contributed by atoms with Crippen LogP contribution in [0.15, 0.2) is 0 Å². The fourth-order valence-electron chi connectivity index (χ4n) is 1.68. The number of hydrogen-bond acceptors (Lipinski definition) is 2. The second-order valence-corrected chi connectivity index (χ2v) is 4.78. The van der Waals surface area contributed by atoms with E-state index in [1.807, 2.05) is 6.92 Å². The van der Waals surface area contributed by atoms with E-state index in [9.17, 15) is 4.79 Å². The van der Waals surface area contributed by atoms with Crippen LogP contribution in [0.5, 0.6) is 0 Å². The predicted octanol–water partition coefficient (Wildman–Crippen LogP) is 1.94. The Hall–Kier alpha value is -0.280. The van der Waals surface area contributed by atoms with Gasteiger partial charge in [0, 0.05) is 18.0 Å². The van der Waals surface area contributed by atoms with Crippen molar-refractivity contribution in [3.8, 4) is 0 Å². The number of carbonyl (C=O) groups is 1. The number of ether oxygens (including phenoxy) is 1. The summed E-state index contributed by atoms with van der Waals surface area (Å²) in [4.78, 5) is 11.9. The van der Waals surface area contributed by atoms with E-state index in [1.165, 1.54) is 0 Å². The number of amides is 1. The Balaban J connectivity index is 2.46. The summed E-state index contributed by atoms with van der Waals surface area (Å²) in [7, 11) is 0. The average molecular weight is 234 g/mol. The Bertz CT molecular complexity index is 217. The molecule has 1 fully saturated rings. The van der Waals surface area contributed by atoms with Crippen molar-refractivity contribution in [2.75, 3.05) is 19.1 Å². The molecule has 2 atom stereocenters. The molecule has 1 N–H and O–H groups in total. The molecule has 0 aromatic heterocycles. The molecule has 1 saturated heterocycles. The molecular weight excluding hydrogens is 214 g/mol. The molecule has 88 valence electrons. The van der Waals surface area contributed by atoms with E-state index in [0.29, 0.717) is 19.1 Å². The van der Waals surface area contributed by atoms with Crippen molar-refractivity contribution < 1.29 is 9.53 Å². The van der Waals surface area contributed by atoms with Crippen LogP contribution in [0.25, 0.3) is 0 Å². The minimum Gasteiger partial charge on any atom is -0.381 e. The minimum atomic E-state index is -0.165. The number of nitrogens with one attached hydrogen (secondary N) is 1. The summed E-state index contributed by atoms with van der Waals surface area (Å²) in [6, 6.07) is 0. The van der Waals surface area contributed by atoms with Crippen LogP contribution in [-0.4, -0.2) is 30.5 Å². The first-order valence-electron chi connectivity index (χ1n) is 5.57. The summed E-state index contributed by atoms with van der Waals surface area (Å²) in [6.07, 6.45) is 2.55. The van der Waals surface area contributed by atoms with E-state index in [0.717, 1.165) is 19.3 Å². The Labute approximate surface area is 96.5 Å². The van der Waals surface area contributed by atoms with E-state index in [2.05, 4.69) is 12.2 Å². The Morgan fingerprint density at radius 2 is 2.40 bits per heavy atom. The van der Waals surface area contributed by atoms with E-state index in [1.54, 1.807) is 0 Å². The molecule has 1 aliphatic rings. The van der Waals surface area contributed by atoms with Crippen LogP contribution < -0.4 is 5.32 Å². The molecule has 2 unspecified atom stereocenters. The van der Waals surface area contributed by atoms with Crippen LogP contribution in [0.1, 0.15) is 33.1 Å². The Morgan fingerprint density at radius 3 is 2.87 bits per heavy atom. The van der Waals surface area contributed by atoms with Gasteiger partial charge in [-0.15, -0.1) is 11.6 Å². The molecule has 0 bridgehead atoms. The number of alkyl halides is 1. The fourth-order valence-corrected chi connectivity index (χ4v) is 2.09. The molecule has 0 aromatic carbocycles. The van der Waals surface area contributed by atoms with Gasteiger partial charge in [0.15, 0.2) is 0 Å². The number of halogens is 1. The molecule has 0 aliphatic carbocycles. The molecule has 1 heterocycles. The van der Waals surface area contributed by atoms with Crippen molar-refractivity contribution in [3.05, 3.63) is 0 Å². The van der Waals surface area contributed by atoms with Crippen LogP contribution in [0.3, 0.4) is 0 Å². The monoisotopic (exact) mass is 233 g/mol. The third kappa shape index (κ3) is 3.65. The highest BCUT2D eigenvalue weighted by Gasteiger charge is 2.29. The van der Waals surface area contributed by atoms with Gasteiger partial charge < -0.3 is 10.1 Å². The van der Waals surface area contributed by atoms with Crippen LogP contribution in [-0.2, 0) is 9.53 Å². The van der Waals surface area contributed by atoms with Crippen molar-refractivity contribution in [3.63, 3.8) is 0 Å². The first kappa shape index (κ1) is 12.8. The Morgan fingerprint density at radius 1 is 1.67 bits per heavy atom. The van der Waals surface area contributed by atoms with Gasteiger partial charge in [0.2, 0.25) is 5.91 Å². The van der Waals surface area contributed by atoms with E-state index >= 15 is 0 Å². The van der Waals surface area contributed by atoms with Crippen LogP contribution >= 0.6 is 11.6 Å². The summed E-state index contributed by atoms with van der Waals surface area (Å²) >= 11 is 5.73. The maximum absolute atomic E-state index is 11.9. The summed E-state index contributed by atoms with van der Waals surface area (Å²) in [6.45, 7) is 5.38. The molecule has 0 saturated carbocycles. The SMILES string of the molecule is CCC(C)(CCCl)NC(=O)C1CCOC1. The quantitative estimate of drug-likeness (QED) is 0.737. The largest absolute Gasteiger partial charge is 0.381 e. The average Bonchev–Trinajstić information content (AvgIpc) is 2.71. The minimum absolute atomic E-state index is 0.0335. The number of carbonyl (C=O) groups excluding carboxylic acids is 1. The molecular formula is C11H20ClNO2. The second kappa shape index (κ2) is 5.71. The highest BCUT2D eigenvalue weighted by atomic mass is 35.5. The van der Waals surface area contributed by atoms with Crippen molar-refractivity contribution in [2.45, 2.75) is 38.6 Å². The van der Waals surface area contributed by atoms with Gasteiger partial charge in [-0.05, 0) is 26.2 Å². The Kier molecular flexibility index (Phi) is 4.87. The molecule has 0 radical (unpaired) electrons. The lowest BCUT2D eigenvalue weighted by Gasteiger charge is -2.30. The van der Waals surface area contributed by atoms with E-state index < -0.39 is 0 Å². The van der Waals surface area contributed by atoms with E-state index in [-0.39, 0.29) is 17.4 Å². The fraction of sp³-hybridized carbons (Fsp3) is 0.909. The van der Waals surface area contributed by atoms with Gasteiger partial charge in [0.25, 0.3) is 0 Å². The maximum Gasteiger partial charge on any atom is 0.225 e. The van der Waals surface area contributed by atoms with Gasteiger partial charge in [-0.25, -0.2) is 0 Å². The van der Waals surface area contributed by atoms with Crippen LogP contribution in [0.2, 0.25) is 0 Å². The first-order valence-corrected chi connectivity index (χ1v) is 6.10. The van der Waals surface area contributed by atoms with Gasteiger partial charge in [-0.3, -0.25) is 4.79 Å². The molecule has 0 spiro atoms. The maximum atomic E-state index is 11.9. The van der Waals surface area contributed by atoms with E-state index in [4.69, 9.17) is 16.3 Å². The zero-order valence-electron chi connectivity index (χ0n) is 9.51. The van der Waals surface area contributed by atoms with Crippen molar-refractivity contribution in [2.24, 2.45) is 5.92 Å². The van der Waals surface area contributed by atoms with Gasteiger partial charge in [-0.2, -0.15) is 0 Å². The lowest BCUT2D eigenvalue weighted by atomic mass is 9.94. The highest BCUT2D eigenvalue weighted by Crippen LogP contribution is 2.19. The predicted molar refractivity (Wildman–Crippen MR) is 61.1 cm³/mol. The second-order valence-electron chi connectivity index (χ2n) is 4.40. The summed E-state index contributed by atoms with van der Waals surface area (Å²) in [5, 5.41) is 3.08. The molecule has 1 amide bonds. The van der Waals surface area contributed by atoms with Gasteiger partial charge in [-0.1, -0.05) is 6.92 Å². The molecule has 0 aromatic rings. The van der Waals surface area contributed by atoms with Crippen molar-refractivity contribution >= 4 is 17.5 Å². The van der Waals surface area contributed by atoms with Crippen LogP contribution in [0, 0.1) is 5.92 Å². The van der Waals surface area contributed by atoms with Gasteiger partial charge in [0.1, 0.15) is 0 Å². The first-order chi connectivity index (χ1) is 7.11. The number of hydrogen-bond donors (Lipinski definition) is 1. The highest BCUT2D eigenvalue weighted by molar-refractivity contribution is 6.17. The lowest BCUT2D eigenvalue weighted by molar-refractivity contribution is -0.126. The van der Waals surface area contributed by atoms with Gasteiger partial charge in [0.05, 0.1) is 12.5 Å². The lowest BCUT2D eigenvalue weighted by Crippen LogP contribution is -2.48. The van der Waals surface area contributed by atoms with Gasteiger partial charge >= 0.3 is 0 Å². The molecule has 15 heavy (non-hydrogen) atoms. The number of rotatable bonds is 5. The zero-order valence-corrected chi connectivity index (χ0v) is 10.3. The van der Waals surface area contributed by atoms with Crippen molar-refractivity contribution in [1.29, 1.82) is 0 Å². The molecule has 1 aliphatic heterocycles. The summed E-state index contributed by atoms with van der Waals surface area (Å²) < 4.78 is 5.20. The molecule has 3 nitrogen and oxygen atoms in total. The normalized spacial score (nSPS) is 24.9. The standard InChI is InChI=1S/C11H20ClNO2/c1-3-11(2,5-6-12)13-10(14)9-4-7-15-8-9/h9H,3-8H2,1-2H3,(H,13,14).